The number of hydrogen-bond acceptors (Lipinski definition) is 4. The second-order valence-electron chi connectivity index (χ2n) is 8.82. The van der Waals surface area contributed by atoms with E-state index in [1.54, 1.807) is 29.4 Å². The van der Waals surface area contributed by atoms with Crippen LogP contribution >= 0.6 is 0 Å². The number of anilines is 1. The third-order valence-corrected chi connectivity index (χ3v) is 8.72. The van der Waals surface area contributed by atoms with E-state index >= 15 is 0 Å². The Balaban J connectivity index is 1.46. The largest absolute Gasteiger partial charge is 0.339 e. The molecule has 0 radical (unpaired) electrons. The number of sulfonamides is 1. The van der Waals surface area contributed by atoms with E-state index in [0.29, 0.717) is 30.9 Å². The van der Waals surface area contributed by atoms with Gasteiger partial charge in [-0.05, 0) is 50.3 Å². The summed E-state index contributed by atoms with van der Waals surface area (Å²) in [6.45, 7) is 3.32. The SMILES string of the molecule is Cc1ccc(NC(=O)C2CC(=O)N(C3CCCC3)C2)cc1S(=O)(=O)N1CCCCC1. The van der Waals surface area contributed by atoms with Crippen LogP contribution in [0.1, 0.15) is 56.9 Å². The molecule has 2 heterocycles. The van der Waals surface area contributed by atoms with Crippen molar-refractivity contribution >= 4 is 27.5 Å². The second kappa shape index (κ2) is 8.67. The van der Waals surface area contributed by atoms with Crippen LogP contribution in [0.15, 0.2) is 23.1 Å². The molecule has 3 aliphatic rings. The van der Waals surface area contributed by atoms with Gasteiger partial charge in [-0.15, -0.1) is 0 Å². The number of nitrogens with zero attached hydrogens (tertiary/aromatic N) is 2. The van der Waals surface area contributed by atoms with E-state index in [4.69, 9.17) is 0 Å². The highest BCUT2D eigenvalue weighted by Crippen LogP contribution is 2.31. The average Bonchev–Trinajstić information content (AvgIpc) is 3.39. The minimum atomic E-state index is -3.58. The van der Waals surface area contributed by atoms with Crippen molar-refractivity contribution in [1.82, 2.24) is 9.21 Å². The molecule has 1 unspecified atom stereocenters. The van der Waals surface area contributed by atoms with Gasteiger partial charge in [0.15, 0.2) is 0 Å². The first kappa shape index (κ1) is 21.3. The number of carbonyl (C=O) groups is 2. The zero-order chi connectivity index (χ0) is 21.3. The maximum atomic E-state index is 13.1. The van der Waals surface area contributed by atoms with Gasteiger partial charge in [0.2, 0.25) is 21.8 Å². The number of nitrogens with one attached hydrogen (secondary N) is 1. The quantitative estimate of drug-likeness (QED) is 0.774. The standard InChI is InChI=1S/C22H31N3O4S/c1-16-9-10-18(14-20(16)30(28,29)24-11-5-2-6-12-24)23-22(27)17-13-21(26)25(15-17)19-7-3-4-8-19/h9-10,14,17,19H,2-8,11-13,15H2,1H3,(H,23,27). The van der Waals surface area contributed by atoms with Crippen LogP contribution in [0.3, 0.4) is 0 Å². The second-order valence-corrected chi connectivity index (χ2v) is 10.7. The Morgan fingerprint density at radius 2 is 1.77 bits per heavy atom. The fourth-order valence-electron chi connectivity index (χ4n) is 4.92. The summed E-state index contributed by atoms with van der Waals surface area (Å²) in [5, 5.41) is 2.86. The van der Waals surface area contributed by atoms with Crippen molar-refractivity contribution in [3.8, 4) is 0 Å². The van der Waals surface area contributed by atoms with E-state index < -0.39 is 10.0 Å². The van der Waals surface area contributed by atoms with E-state index in [-0.39, 0.29) is 35.1 Å². The molecule has 2 saturated heterocycles. The van der Waals surface area contributed by atoms with Gasteiger partial charge < -0.3 is 10.2 Å². The van der Waals surface area contributed by atoms with Crippen LogP contribution in [-0.4, -0.2) is 55.1 Å². The molecule has 3 fully saturated rings. The Bertz CT molecular complexity index is 918. The van der Waals surface area contributed by atoms with Gasteiger partial charge in [0.25, 0.3) is 0 Å². The molecular weight excluding hydrogens is 402 g/mol. The maximum Gasteiger partial charge on any atom is 0.243 e. The van der Waals surface area contributed by atoms with Crippen LogP contribution in [0.2, 0.25) is 0 Å². The Hall–Kier alpha value is -1.93. The number of aryl methyl sites for hydroxylation is 1. The number of rotatable bonds is 5. The van der Waals surface area contributed by atoms with Gasteiger partial charge in [0, 0.05) is 37.8 Å². The van der Waals surface area contributed by atoms with Crippen LogP contribution in [0.25, 0.3) is 0 Å². The summed E-state index contributed by atoms with van der Waals surface area (Å²) >= 11 is 0. The summed E-state index contributed by atoms with van der Waals surface area (Å²) in [6.07, 6.45) is 7.37. The van der Waals surface area contributed by atoms with Gasteiger partial charge >= 0.3 is 0 Å². The third-order valence-electron chi connectivity index (χ3n) is 6.68. The number of likely N-dealkylation sites (tertiary alicyclic amines) is 1. The smallest absolute Gasteiger partial charge is 0.243 e. The highest BCUT2D eigenvalue weighted by molar-refractivity contribution is 7.89. The first-order chi connectivity index (χ1) is 14.4. The molecule has 2 amide bonds. The Morgan fingerprint density at radius 3 is 2.47 bits per heavy atom. The normalized spacial score (nSPS) is 23.8. The van der Waals surface area contributed by atoms with Crippen molar-refractivity contribution in [2.75, 3.05) is 25.0 Å². The van der Waals surface area contributed by atoms with E-state index in [1.165, 1.54) is 0 Å². The molecule has 30 heavy (non-hydrogen) atoms. The highest BCUT2D eigenvalue weighted by Gasteiger charge is 2.38. The van der Waals surface area contributed by atoms with Crippen LogP contribution < -0.4 is 5.32 Å². The number of benzene rings is 1. The lowest BCUT2D eigenvalue weighted by Gasteiger charge is -2.26. The van der Waals surface area contributed by atoms with E-state index in [0.717, 1.165) is 44.9 Å². The highest BCUT2D eigenvalue weighted by atomic mass is 32.2. The van der Waals surface area contributed by atoms with Crippen LogP contribution in [0, 0.1) is 12.8 Å². The van der Waals surface area contributed by atoms with Gasteiger partial charge in [0.1, 0.15) is 0 Å². The molecule has 0 aromatic heterocycles. The summed E-state index contributed by atoms with van der Waals surface area (Å²) in [4.78, 5) is 27.3. The van der Waals surface area contributed by atoms with Crippen molar-refractivity contribution in [2.24, 2.45) is 5.92 Å². The molecule has 1 aliphatic carbocycles. The van der Waals surface area contributed by atoms with E-state index in [1.807, 2.05) is 4.90 Å². The first-order valence-corrected chi connectivity index (χ1v) is 12.5. The van der Waals surface area contributed by atoms with Gasteiger partial charge in [-0.1, -0.05) is 25.3 Å². The Kier molecular flexibility index (Phi) is 6.16. The van der Waals surface area contributed by atoms with E-state index in [2.05, 4.69) is 5.32 Å². The number of carbonyl (C=O) groups excluding carboxylic acids is 2. The first-order valence-electron chi connectivity index (χ1n) is 11.1. The van der Waals surface area contributed by atoms with Crippen LogP contribution in [0.5, 0.6) is 0 Å². The van der Waals surface area contributed by atoms with Gasteiger partial charge in [-0.25, -0.2) is 8.42 Å². The number of amides is 2. The Labute approximate surface area is 178 Å². The average molecular weight is 434 g/mol. The predicted molar refractivity (Wildman–Crippen MR) is 114 cm³/mol. The molecule has 7 nitrogen and oxygen atoms in total. The molecule has 1 aromatic rings. The summed E-state index contributed by atoms with van der Waals surface area (Å²) in [6, 6.07) is 5.30. The summed E-state index contributed by atoms with van der Waals surface area (Å²) < 4.78 is 27.7. The van der Waals surface area contributed by atoms with Crippen LogP contribution in [-0.2, 0) is 19.6 Å². The predicted octanol–water partition coefficient (Wildman–Crippen LogP) is 2.90. The number of piperidine rings is 1. The summed E-state index contributed by atoms with van der Waals surface area (Å²) in [5.41, 5.74) is 1.13. The molecule has 0 bridgehead atoms. The van der Waals surface area contributed by atoms with Gasteiger partial charge in [-0.3, -0.25) is 9.59 Å². The molecule has 1 N–H and O–H groups in total. The fraction of sp³-hybridized carbons (Fsp3) is 0.636. The molecule has 0 spiro atoms. The zero-order valence-corrected chi connectivity index (χ0v) is 18.4. The number of hydrogen-bond donors (Lipinski definition) is 1. The van der Waals surface area contributed by atoms with Gasteiger partial charge in [0.05, 0.1) is 10.8 Å². The minimum absolute atomic E-state index is 0.0549. The van der Waals surface area contributed by atoms with Gasteiger partial charge in [-0.2, -0.15) is 4.31 Å². The molecule has 1 saturated carbocycles. The van der Waals surface area contributed by atoms with Crippen molar-refractivity contribution in [3.63, 3.8) is 0 Å². The monoisotopic (exact) mass is 433 g/mol. The lowest BCUT2D eigenvalue weighted by Crippen LogP contribution is -2.36. The van der Waals surface area contributed by atoms with Crippen molar-refractivity contribution in [1.29, 1.82) is 0 Å². The van der Waals surface area contributed by atoms with Crippen LogP contribution in [0.4, 0.5) is 5.69 Å². The molecule has 1 atom stereocenters. The molecule has 4 rings (SSSR count). The lowest BCUT2D eigenvalue weighted by atomic mass is 10.1. The molecule has 8 heteroatoms. The summed E-state index contributed by atoms with van der Waals surface area (Å²) in [7, 11) is -3.58. The Morgan fingerprint density at radius 1 is 1.07 bits per heavy atom. The molecule has 1 aromatic carbocycles. The molecule has 164 valence electrons. The topological polar surface area (TPSA) is 86.8 Å². The van der Waals surface area contributed by atoms with Crippen molar-refractivity contribution < 1.29 is 18.0 Å². The molecule has 2 aliphatic heterocycles. The maximum absolute atomic E-state index is 13.1. The fourth-order valence-corrected chi connectivity index (χ4v) is 6.69. The summed E-state index contributed by atoms with van der Waals surface area (Å²) in [5.74, 6) is -0.546. The van der Waals surface area contributed by atoms with Crippen molar-refractivity contribution in [2.45, 2.75) is 69.2 Å². The lowest BCUT2D eigenvalue weighted by molar-refractivity contribution is -0.129. The third kappa shape index (κ3) is 4.25. The minimum Gasteiger partial charge on any atom is -0.339 e. The van der Waals surface area contributed by atoms with E-state index in [9.17, 15) is 18.0 Å². The zero-order valence-electron chi connectivity index (χ0n) is 17.6. The molecular formula is C22H31N3O4S. The van der Waals surface area contributed by atoms with Crippen molar-refractivity contribution in [3.05, 3.63) is 23.8 Å².